The molecule has 0 aromatic carbocycles. The second-order valence-electron chi connectivity index (χ2n) is 5.08. The fourth-order valence-electron chi connectivity index (χ4n) is 1.53. The molecular weight excluding hydrogens is 172 g/mol. The molecule has 1 aromatic heterocycles. The predicted molar refractivity (Wildman–Crippen MR) is 60.0 cm³/mol. The molecule has 2 nitrogen and oxygen atoms in total. The second-order valence-corrected chi connectivity index (χ2v) is 5.08. The lowest BCUT2D eigenvalue weighted by Gasteiger charge is -2.22. The zero-order chi connectivity index (χ0) is 10.8. The quantitative estimate of drug-likeness (QED) is 0.782. The van der Waals surface area contributed by atoms with E-state index in [0.717, 1.165) is 17.8 Å². The normalized spacial score (nSPS) is 14.1. The van der Waals surface area contributed by atoms with Crippen molar-refractivity contribution in [2.45, 2.75) is 40.2 Å². The largest absolute Gasteiger partial charge is 0.323 e. The number of hydrogen-bond donors (Lipinski definition) is 1. The van der Waals surface area contributed by atoms with E-state index < -0.39 is 0 Å². The smallest absolute Gasteiger partial charge is 0.0574 e. The SMILES string of the molecule is Cc1cccc([C@H](N)CC(C)(C)C)n1. The van der Waals surface area contributed by atoms with Crippen molar-refractivity contribution in [3.63, 3.8) is 0 Å². The lowest BCUT2D eigenvalue weighted by Crippen LogP contribution is -2.19. The van der Waals surface area contributed by atoms with Gasteiger partial charge in [0, 0.05) is 11.7 Å². The average molecular weight is 192 g/mol. The molecule has 0 saturated heterocycles. The van der Waals surface area contributed by atoms with Crippen LogP contribution in [0, 0.1) is 12.3 Å². The zero-order valence-electron chi connectivity index (χ0n) is 9.54. The van der Waals surface area contributed by atoms with Gasteiger partial charge >= 0.3 is 0 Å². The molecule has 1 rings (SSSR count). The molecule has 2 heteroatoms. The molecule has 0 unspecified atom stereocenters. The van der Waals surface area contributed by atoms with E-state index in [2.05, 4.69) is 25.8 Å². The number of rotatable bonds is 2. The number of pyridine rings is 1. The fraction of sp³-hybridized carbons (Fsp3) is 0.583. The van der Waals surface area contributed by atoms with Gasteiger partial charge in [0.15, 0.2) is 0 Å². The van der Waals surface area contributed by atoms with Crippen molar-refractivity contribution in [2.24, 2.45) is 11.1 Å². The molecule has 78 valence electrons. The molecule has 1 aromatic rings. The molecule has 0 aliphatic carbocycles. The summed E-state index contributed by atoms with van der Waals surface area (Å²) in [5.74, 6) is 0. The number of nitrogens with zero attached hydrogens (tertiary/aromatic N) is 1. The van der Waals surface area contributed by atoms with Crippen LogP contribution in [0.4, 0.5) is 0 Å². The first-order chi connectivity index (χ1) is 6.38. The fourth-order valence-corrected chi connectivity index (χ4v) is 1.53. The summed E-state index contributed by atoms with van der Waals surface area (Å²) >= 11 is 0. The van der Waals surface area contributed by atoms with Crippen molar-refractivity contribution in [3.05, 3.63) is 29.6 Å². The molecule has 14 heavy (non-hydrogen) atoms. The lowest BCUT2D eigenvalue weighted by atomic mass is 9.87. The molecule has 1 heterocycles. The van der Waals surface area contributed by atoms with Gasteiger partial charge in [-0.2, -0.15) is 0 Å². The van der Waals surface area contributed by atoms with E-state index in [1.54, 1.807) is 0 Å². The Balaban J connectivity index is 2.74. The summed E-state index contributed by atoms with van der Waals surface area (Å²) in [4.78, 5) is 4.43. The van der Waals surface area contributed by atoms with Crippen LogP contribution in [0.3, 0.4) is 0 Å². The summed E-state index contributed by atoms with van der Waals surface area (Å²) in [5.41, 5.74) is 8.38. The second kappa shape index (κ2) is 4.09. The molecule has 0 amide bonds. The topological polar surface area (TPSA) is 38.9 Å². The highest BCUT2D eigenvalue weighted by atomic mass is 14.8. The Bertz CT molecular complexity index is 299. The van der Waals surface area contributed by atoms with E-state index in [9.17, 15) is 0 Å². The maximum Gasteiger partial charge on any atom is 0.0574 e. The Morgan fingerprint density at radius 2 is 2.00 bits per heavy atom. The van der Waals surface area contributed by atoms with Crippen molar-refractivity contribution in [1.29, 1.82) is 0 Å². The van der Waals surface area contributed by atoms with Gasteiger partial charge in [0.2, 0.25) is 0 Å². The Kier molecular flexibility index (Phi) is 3.27. The molecule has 0 aliphatic heterocycles. The standard InChI is InChI=1S/C12H20N2/c1-9-6-5-7-11(14-9)10(13)8-12(2,3)4/h5-7,10H,8,13H2,1-4H3/t10-/m1/s1. The maximum absolute atomic E-state index is 6.09. The molecular formula is C12H20N2. The molecule has 0 radical (unpaired) electrons. The highest BCUT2D eigenvalue weighted by Gasteiger charge is 2.17. The van der Waals surface area contributed by atoms with Gasteiger partial charge in [-0.3, -0.25) is 4.98 Å². The minimum absolute atomic E-state index is 0.0508. The van der Waals surface area contributed by atoms with E-state index in [-0.39, 0.29) is 11.5 Å². The van der Waals surface area contributed by atoms with Crippen molar-refractivity contribution in [1.82, 2.24) is 4.98 Å². The van der Waals surface area contributed by atoms with E-state index in [0.29, 0.717) is 0 Å². The van der Waals surface area contributed by atoms with Crippen LogP contribution in [0.25, 0.3) is 0 Å². The Morgan fingerprint density at radius 1 is 1.36 bits per heavy atom. The number of nitrogens with two attached hydrogens (primary N) is 1. The van der Waals surface area contributed by atoms with Gasteiger partial charge in [-0.05, 0) is 30.9 Å². The van der Waals surface area contributed by atoms with Crippen LogP contribution in [0.15, 0.2) is 18.2 Å². The number of aromatic nitrogens is 1. The first-order valence-electron chi connectivity index (χ1n) is 5.08. The zero-order valence-corrected chi connectivity index (χ0v) is 9.54. The molecule has 0 saturated carbocycles. The number of hydrogen-bond acceptors (Lipinski definition) is 2. The minimum Gasteiger partial charge on any atom is -0.323 e. The summed E-state index contributed by atoms with van der Waals surface area (Å²) in [5, 5.41) is 0. The molecule has 0 fully saturated rings. The highest BCUT2D eigenvalue weighted by molar-refractivity contribution is 5.13. The van der Waals surface area contributed by atoms with Crippen molar-refractivity contribution < 1.29 is 0 Å². The van der Waals surface area contributed by atoms with Crippen molar-refractivity contribution in [2.75, 3.05) is 0 Å². The van der Waals surface area contributed by atoms with Crippen LogP contribution in [-0.4, -0.2) is 4.98 Å². The van der Waals surface area contributed by atoms with Crippen LogP contribution in [0.1, 0.15) is 44.6 Å². The molecule has 2 N–H and O–H groups in total. The van der Waals surface area contributed by atoms with Gasteiger partial charge in [-0.1, -0.05) is 26.8 Å². The molecule has 0 spiro atoms. The van der Waals surface area contributed by atoms with Crippen LogP contribution >= 0.6 is 0 Å². The summed E-state index contributed by atoms with van der Waals surface area (Å²) in [6.45, 7) is 8.58. The first-order valence-corrected chi connectivity index (χ1v) is 5.08. The van der Waals surface area contributed by atoms with Gasteiger partial charge < -0.3 is 5.73 Å². The van der Waals surface area contributed by atoms with Crippen LogP contribution in [0.5, 0.6) is 0 Å². The Hall–Kier alpha value is -0.890. The summed E-state index contributed by atoms with van der Waals surface area (Å²) in [6.07, 6.45) is 0.962. The molecule has 0 bridgehead atoms. The van der Waals surface area contributed by atoms with Crippen molar-refractivity contribution >= 4 is 0 Å². The predicted octanol–water partition coefficient (Wildman–Crippen LogP) is 2.83. The van der Waals surface area contributed by atoms with Gasteiger partial charge in [0.1, 0.15) is 0 Å². The maximum atomic E-state index is 6.09. The third-order valence-corrected chi connectivity index (χ3v) is 2.12. The highest BCUT2D eigenvalue weighted by Crippen LogP contribution is 2.26. The van der Waals surface area contributed by atoms with Crippen molar-refractivity contribution in [3.8, 4) is 0 Å². The van der Waals surface area contributed by atoms with E-state index in [1.807, 2.05) is 25.1 Å². The average Bonchev–Trinajstić information content (AvgIpc) is 2.01. The van der Waals surface area contributed by atoms with Crippen LogP contribution < -0.4 is 5.73 Å². The summed E-state index contributed by atoms with van der Waals surface area (Å²) in [7, 11) is 0. The summed E-state index contributed by atoms with van der Waals surface area (Å²) < 4.78 is 0. The van der Waals surface area contributed by atoms with Crippen LogP contribution in [-0.2, 0) is 0 Å². The van der Waals surface area contributed by atoms with E-state index in [4.69, 9.17) is 5.73 Å². The third kappa shape index (κ3) is 3.46. The molecule has 1 atom stereocenters. The van der Waals surface area contributed by atoms with Crippen LogP contribution in [0.2, 0.25) is 0 Å². The lowest BCUT2D eigenvalue weighted by molar-refractivity contribution is 0.340. The summed E-state index contributed by atoms with van der Waals surface area (Å²) in [6, 6.07) is 6.06. The first kappa shape index (κ1) is 11.2. The van der Waals surface area contributed by atoms with E-state index in [1.165, 1.54) is 0 Å². The monoisotopic (exact) mass is 192 g/mol. The Morgan fingerprint density at radius 3 is 2.50 bits per heavy atom. The van der Waals surface area contributed by atoms with E-state index >= 15 is 0 Å². The molecule has 0 aliphatic rings. The van der Waals surface area contributed by atoms with Gasteiger partial charge in [-0.25, -0.2) is 0 Å². The van der Waals surface area contributed by atoms with Gasteiger partial charge in [-0.15, -0.1) is 0 Å². The Labute approximate surface area is 86.5 Å². The minimum atomic E-state index is 0.0508. The number of aryl methyl sites for hydroxylation is 1. The van der Waals surface area contributed by atoms with Gasteiger partial charge in [0.25, 0.3) is 0 Å². The third-order valence-electron chi connectivity index (χ3n) is 2.12. The van der Waals surface area contributed by atoms with Gasteiger partial charge in [0.05, 0.1) is 5.69 Å².